The average molecular weight is 288 g/mol. The van der Waals surface area contributed by atoms with Crippen LogP contribution in [0.1, 0.15) is 32.6 Å². The Morgan fingerprint density at radius 2 is 1.84 bits per heavy atom. The molecule has 1 unspecified atom stereocenters. The molecule has 2 rings (SSSR count). The molecule has 6 heteroatoms. The van der Waals surface area contributed by atoms with Crippen molar-refractivity contribution in [2.75, 3.05) is 37.7 Å². The van der Waals surface area contributed by atoms with E-state index in [1.54, 1.807) is 0 Å². The summed E-state index contributed by atoms with van der Waals surface area (Å²) < 4.78 is 22.7. The first kappa shape index (κ1) is 14.8. The summed E-state index contributed by atoms with van der Waals surface area (Å²) in [5, 5.41) is 0. The minimum absolute atomic E-state index is 0.172. The molecular formula is C13H24N2O3S. The lowest BCUT2D eigenvalue weighted by Gasteiger charge is -2.37. The van der Waals surface area contributed by atoms with Crippen LogP contribution >= 0.6 is 0 Å². The van der Waals surface area contributed by atoms with E-state index >= 15 is 0 Å². The summed E-state index contributed by atoms with van der Waals surface area (Å²) in [6.07, 6.45) is 4.43. The molecule has 0 aromatic carbocycles. The molecule has 0 bridgehead atoms. The number of piperidine rings is 1. The van der Waals surface area contributed by atoms with Crippen molar-refractivity contribution < 1.29 is 13.2 Å². The zero-order chi connectivity index (χ0) is 13.9. The second-order valence-corrected chi connectivity index (χ2v) is 7.88. The summed E-state index contributed by atoms with van der Waals surface area (Å²) in [7, 11) is -2.86. The van der Waals surface area contributed by atoms with Crippen LogP contribution < -0.4 is 0 Å². The lowest BCUT2D eigenvalue weighted by molar-refractivity contribution is -0.136. The standard InChI is InChI=1S/C13H24N2O3S/c1-2-12-5-3-4-6-15(12)13(16)11-14-7-9-19(17,18)10-8-14/h12H,2-11H2,1H3. The van der Waals surface area contributed by atoms with Gasteiger partial charge in [-0.25, -0.2) is 8.42 Å². The normalized spacial score (nSPS) is 28.3. The van der Waals surface area contributed by atoms with Gasteiger partial charge in [-0.05, 0) is 25.7 Å². The van der Waals surface area contributed by atoms with Crippen LogP contribution in [0.2, 0.25) is 0 Å². The van der Waals surface area contributed by atoms with Crippen molar-refractivity contribution >= 4 is 15.7 Å². The molecule has 0 aromatic rings. The number of carbonyl (C=O) groups is 1. The van der Waals surface area contributed by atoms with Crippen molar-refractivity contribution in [2.24, 2.45) is 0 Å². The fourth-order valence-corrected chi connectivity index (χ4v) is 4.22. The molecule has 0 aromatic heterocycles. The predicted octanol–water partition coefficient (Wildman–Crippen LogP) is 0.508. The molecular weight excluding hydrogens is 264 g/mol. The summed E-state index contributed by atoms with van der Waals surface area (Å²) in [5.41, 5.74) is 0. The van der Waals surface area contributed by atoms with Crippen molar-refractivity contribution in [1.29, 1.82) is 0 Å². The Balaban J connectivity index is 1.86. The van der Waals surface area contributed by atoms with Crippen molar-refractivity contribution in [3.8, 4) is 0 Å². The summed E-state index contributed by atoms with van der Waals surface area (Å²) in [4.78, 5) is 16.3. The first-order valence-electron chi connectivity index (χ1n) is 7.24. The third-order valence-electron chi connectivity index (χ3n) is 4.21. The van der Waals surface area contributed by atoms with Crippen molar-refractivity contribution in [3.05, 3.63) is 0 Å². The number of hydrogen-bond acceptors (Lipinski definition) is 4. The summed E-state index contributed by atoms with van der Waals surface area (Å²) >= 11 is 0. The van der Waals surface area contributed by atoms with Crippen molar-refractivity contribution in [3.63, 3.8) is 0 Å². The molecule has 0 radical (unpaired) electrons. The molecule has 2 heterocycles. The maximum Gasteiger partial charge on any atom is 0.236 e. The number of rotatable bonds is 3. The number of likely N-dealkylation sites (tertiary alicyclic amines) is 1. The van der Waals surface area contributed by atoms with Gasteiger partial charge in [-0.3, -0.25) is 9.69 Å². The number of nitrogens with zero attached hydrogens (tertiary/aromatic N) is 2. The van der Waals surface area contributed by atoms with Crippen molar-refractivity contribution in [2.45, 2.75) is 38.6 Å². The maximum atomic E-state index is 12.3. The maximum absolute atomic E-state index is 12.3. The van der Waals surface area contributed by atoms with Gasteiger partial charge in [0.2, 0.25) is 5.91 Å². The number of sulfone groups is 1. The average Bonchev–Trinajstić information content (AvgIpc) is 2.41. The largest absolute Gasteiger partial charge is 0.339 e. The van der Waals surface area contributed by atoms with E-state index in [-0.39, 0.29) is 17.4 Å². The molecule has 19 heavy (non-hydrogen) atoms. The van der Waals surface area contributed by atoms with Crippen LogP contribution in [0.25, 0.3) is 0 Å². The highest BCUT2D eigenvalue weighted by atomic mass is 32.2. The number of carbonyl (C=O) groups excluding carboxylic acids is 1. The van der Waals surface area contributed by atoms with Crippen LogP contribution in [0, 0.1) is 0 Å². The van der Waals surface area contributed by atoms with Gasteiger partial charge >= 0.3 is 0 Å². The Labute approximate surface area is 115 Å². The number of hydrogen-bond donors (Lipinski definition) is 0. The van der Waals surface area contributed by atoms with E-state index in [0.717, 1.165) is 25.8 Å². The Hall–Kier alpha value is -0.620. The third kappa shape index (κ3) is 3.92. The van der Waals surface area contributed by atoms with Crippen LogP contribution in [0.3, 0.4) is 0 Å². The summed E-state index contributed by atoms with van der Waals surface area (Å²) in [5.74, 6) is 0.556. The van der Waals surface area contributed by atoms with E-state index in [2.05, 4.69) is 6.92 Å². The van der Waals surface area contributed by atoms with Gasteiger partial charge in [0.1, 0.15) is 0 Å². The quantitative estimate of drug-likeness (QED) is 0.759. The molecule has 1 atom stereocenters. The van der Waals surface area contributed by atoms with Crippen LogP contribution in [-0.2, 0) is 14.6 Å². The second kappa shape index (κ2) is 6.22. The molecule has 2 aliphatic heterocycles. The van der Waals surface area contributed by atoms with Crippen LogP contribution in [-0.4, -0.2) is 67.9 Å². The Bertz CT molecular complexity index is 408. The van der Waals surface area contributed by atoms with Gasteiger partial charge in [-0.15, -0.1) is 0 Å². The number of amides is 1. The molecule has 2 saturated heterocycles. The Morgan fingerprint density at radius 1 is 1.16 bits per heavy atom. The fourth-order valence-electron chi connectivity index (χ4n) is 2.94. The fraction of sp³-hybridized carbons (Fsp3) is 0.923. The van der Waals surface area contributed by atoms with Gasteiger partial charge < -0.3 is 4.90 Å². The SMILES string of the molecule is CCC1CCCCN1C(=O)CN1CCS(=O)(=O)CC1. The zero-order valence-corrected chi connectivity index (χ0v) is 12.5. The lowest BCUT2D eigenvalue weighted by Crippen LogP contribution is -2.50. The van der Waals surface area contributed by atoms with Crippen molar-refractivity contribution in [1.82, 2.24) is 9.80 Å². The van der Waals surface area contributed by atoms with Gasteiger partial charge in [-0.2, -0.15) is 0 Å². The highest BCUT2D eigenvalue weighted by molar-refractivity contribution is 7.91. The smallest absolute Gasteiger partial charge is 0.236 e. The van der Waals surface area contributed by atoms with E-state index in [1.807, 2.05) is 9.80 Å². The molecule has 0 N–H and O–H groups in total. The first-order chi connectivity index (χ1) is 9.02. The van der Waals surface area contributed by atoms with E-state index in [0.29, 0.717) is 25.7 Å². The molecule has 0 saturated carbocycles. The monoisotopic (exact) mass is 288 g/mol. The summed E-state index contributed by atoms with van der Waals surface area (Å²) in [6.45, 7) is 4.37. The van der Waals surface area contributed by atoms with Crippen LogP contribution in [0.15, 0.2) is 0 Å². The highest BCUT2D eigenvalue weighted by Gasteiger charge is 2.28. The minimum Gasteiger partial charge on any atom is -0.339 e. The van der Waals surface area contributed by atoms with Gasteiger partial charge in [0, 0.05) is 25.7 Å². The molecule has 2 aliphatic rings. The zero-order valence-electron chi connectivity index (χ0n) is 11.7. The summed E-state index contributed by atoms with van der Waals surface area (Å²) in [6, 6.07) is 0.384. The van der Waals surface area contributed by atoms with Crippen LogP contribution in [0.5, 0.6) is 0 Å². The van der Waals surface area contributed by atoms with E-state index in [1.165, 1.54) is 6.42 Å². The molecule has 110 valence electrons. The highest BCUT2D eigenvalue weighted by Crippen LogP contribution is 2.19. The first-order valence-corrected chi connectivity index (χ1v) is 9.06. The van der Waals surface area contributed by atoms with Crippen LogP contribution in [0.4, 0.5) is 0 Å². The van der Waals surface area contributed by atoms with E-state index < -0.39 is 9.84 Å². The molecule has 1 amide bonds. The third-order valence-corrected chi connectivity index (χ3v) is 5.82. The van der Waals surface area contributed by atoms with Gasteiger partial charge in [0.15, 0.2) is 9.84 Å². The Kier molecular flexibility index (Phi) is 4.84. The topological polar surface area (TPSA) is 57.7 Å². The van der Waals surface area contributed by atoms with E-state index in [4.69, 9.17) is 0 Å². The second-order valence-electron chi connectivity index (χ2n) is 5.57. The van der Waals surface area contributed by atoms with Gasteiger partial charge in [0.05, 0.1) is 18.1 Å². The molecule has 0 spiro atoms. The minimum atomic E-state index is -2.86. The molecule has 2 fully saturated rings. The van der Waals surface area contributed by atoms with Gasteiger partial charge in [0.25, 0.3) is 0 Å². The van der Waals surface area contributed by atoms with E-state index in [9.17, 15) is 13.2 Å². The van der Waals surface area contributed by atoms with Gasteiger partial charge in [-0.1, -0.05) is 6.92 Å². The Morgan fingerprint density at radius 3 is 2.47 bits per heavy atom. The predicted molar refractivity (Wildman–Crippen MR) is 74.7 cm³/mol. The molecule has 5 nitrogen and oxygen atoms in total. The lowest BCUT2D eigenvalue weighted by atomic mass is 10.00. The molecule has 0 aliphatic carbocycles.